The average Bonchev–Trinajstić information content (AvgIpc) is 1.98. The van der Waals surface area contributed by atoms with Gasteiger partial charge in [0.25, 0.3) is 0 Å². The quantitative estimate of drug-likeness (QED) is 0.411. The minimum Gasteiger partial charge on any atom is -0.103 e. The van der Waals surface area contributed by atoms with Crippen LogP contribution in [0.1, 0.15) is 26.7 Å². The molecule has 0 aromatic carbocycles. The predicted molar refractivity (Wildman–Crippen MR) is 46.6 cm³/mol. The molecule has 0 saturated carbocycles. The fraction of sp³-hybridized carbons (Fsp3) is 0.400. The highest BCUT2D eigenvalue weighted by atomic mass is 13.9. The monoisotopic (exact) mass is 134 g/mol. The summed E-state index contributed by atoms with van der Waals surface area (Å²) >= 11 is 0. The molecule has 0 heteroatoms. The van der Waals surface area contributed by atoms with Gasteiger partial charge in [-0.15, -0.1) is 12.5 Å². The Morgan fingerprint density at radius 3 is 2.70 bits per heavy atom. The van der Waals surface area contributed by atoms with Crippen LogP contribution in [0.25, 0.3) is 0 Å². The number of rotatable bonds is 3. The molecule has 0 spiro atoms. The maximum atomic E-state index is 3.65. The van der Waals surface area contributed by atoms with Gasteiger partial charge in [-0.3, -0.25) is 0 Å². The zero-order valence-corrected chi connectivity index (χ0v) is 6.78. The fourth-order valence-corrected chi connectivity index (χ4v) is 0.697. The highest BCUT2D eigenvalue weighted by molar-refractivity contribution is 5.27. The minimum absolute atomic E-state index is 1.02. The van der Waals surface area contributed by atoms with Crippen molar-refractivity contribution in [2.45, 2.75) is 26.7 Å². The molecule has 0 aromatic heterocycles. The standard InChI is InChI=1S/C10H14/c1-4-7-9-10(6-3)8-5-2/h4,6H,1,7,9H2,2-3H3. The number of hydrogen-bond acceptors (Lipinski definition) is 0. The summed E-state index contributed by atoms with van der Waals surface area (Å²) in [6.07, 6.45) is 6.02. The lowest BCUT2D eigenvalue weighted by Gasteiger charge is -1.92. The SMILES string of the molecule is C=CCCC(C#CC)=CC. The largest absolute Gasteiger partial charge is 0.103 e. The highest BCUT2D eigenvalue weighted by Gasteiger charge is 1.86. The Morgan fingerprint density at radius 1 is 1.60 bits per heavy atom. The Hall–Kier alpha value is -0.960. The van der Waals surface area contributed by atoms with Gasteiger partial charge in [0.15, 0.2) is 0 Å². The molecule has 0 nitrogen and oxygen atoms in total. The van der Waals surface area contributed by atoms with Crippen LogP contribution in [0.5, 0.6) is 0 Å². The first kappa shape index (κ1) is 9.04. The Labute approximate surface area is 63.6 Å². The van der Waals surface area contributed by atoms with Crippen molar-refractivity contribution < 1.29 is 0 Å². The molecule has 54 valence electrons. The van der Waals surface area contributed by atoms with E-state index in [4.69, 9.17) is 0 Å². The molecule has 0 rings (SSSR count). The Bertz CT molecular complexity index is 174. The summed E-state index contributed by atoms with van der Waals surface area (Å²) < 4.78 is 0. The Balaban J connectivity index is 3.81. The summed E-state index contributed by atoms with van der Waals surface area (Å²) in [5, 5.41) is 0. The van der Waals surface area contributed by atoms with Crippen LogP contribution in [0.3, 0.4) is 0 Å². The van der Waals surface area contributed by atoms with E-state index in [1.807, 2.05) is 19.9 Å². The molecule has 0 fully saturated rings. The summed E-state index contributed by atoms with van der Waals surface area (Å²) in [7, 11) is 0. The fourth-order valence-electron chi connectivity index (χ4n) is 0.697. The third-order valence-electron chi connectivity index (χ3n) is 1.25. The Morgan fingerprint density at radius 2 is 2.30 bits per heavy atom. The summed E-state index contributed by atoms with van der Waals surface area (Å²) in [4.78, 5) is 0. The van der Waals surface area contributed by atoms with Gasteiger partial charge in [0.05, 0.1) is 0 Å². The molecule has 0 amide bonds. The molecule has 0 unspecified atom stereocenters. The zero-order valence-electron chi connectivity index (χ0n) is 6.78. The van der Waals surface area contributed by atoms with Crippen LogP contribution in [0.2, 0.25) is 0 Å². The lowest BCUT2D eigenvalue weighted by atomic mass is 10.1. The van der Waals surface area contributed by atoms with E-state index in [-0.39, 0.29) is 0 Å². The van der Waals surface area contributed by atoms with Crippen LogP contribution in [0.15, 0.2) is 24.3 Å². The molecule has 0 aliphatic heterocycles. The van der Waals surface area contributed by atoms with E-state index >= 15 is 0 Å². The number of allylic oxidation sites excluding steroid dienone is 3. The second kappa shape index (κ2) is 6.16. The summed E-state index contributed by atoms with van der Waals surface area (Å²) in [6, 6.07) is 0. The van der Waals surface area contributed by atoms with Crippen LogP contribution in [-0.2, 0) is 0 Å². The molecule has 0 radical (unpaired) electrons. The lowest BCUT2D eigenvalue weighted by molar-refractivity contribution is 1.02. The van der Waals surface area contributed by atoms with Crippen LogP contribution in [0.4, 0.5) is 0 Å². The van der Waals surface area contributed by atoms with Crippen molar-refractivity contribution in [3.05, 3.63) is 24.3 Å². The zero-order chi connectivity index (χ0) is 7.82. The van der Waals surface area contributed by atoms with Gasteiger partial charge in [0, 0.05) is 0 Å². The molecule has 0 aliphatic carbocycles. The summed E-state index contributed by atoms with van der Waals surface area (Å²) in [5.41, 5.74) is 1.21. The van der Waals surface area contributed by atoms with Crippen molar-refractivity contribution in [1.82, 2.24) is 0 Å². The average molecular weight is 134 g/mol. The topological polar surface area (TPSA) is 0 Å². The van der Waals surface area contributed by atoms with Gasteiger partial charge in [0.1, 0.15) is 0 Å². The molecular weight excluding hydrogens is 120 g/mol. The van der Waals surface area contributed by atoms with E-state index in [1.54, 1.807) is 0 Å². The molecule has 0 heterocycles. The summed E-state index contributed by atoms with van der Waals surface area (Å²) in [6.45, 7) is 7.53. The van der Waals surface area contributed by atoms with Gasteiger partial charge < -0.3 is 0 Å². The normalized spacial score (nSPS) is 10.0. The first-order valence-corrected chi connectivity index (χ1v) is 3.54. The van der Waals surface area contributed by atoms with E-state index in [1.165, 1.54) is 5.57 Å². The van der Waals surface area contributed by atoms with E-state index in [0.29, 0.717) is 0 Å². The predicted octanol–water partition coefficient (Wildman–Crippen LogP) is 2.92. The Kier molecular flexibility index (Phi) is 5.57. The molecule has 0 saturated heterocycles. The molecule has 0 aliphatic rings. The van der Waals surface area contributed by atoms with E-state index in [0.717, 1.165) is 12.8 Å². The van der Waals surface area contributed by atoms with Crippen molar-refractivity contribution in [2.75, 3.05) is 0 Å². The van der Waals surface area contributed by atoms with Gasteiger partial charge in [-0.1, -0.05) is 18.1 Å². The molecule has 0 N–H and O–H groups in total. The van der Waals surface area contributed by atoms with Gasteiger partial charge in [0.2, 0.25) is 0 Å². The molecule has 0 aromatic rings. The van der Waals surface area contributed by atoms with Crippen LogP contribution in [-0.4, -0.2) is 0 Å². The van der Waals surface area contributed by atoms with Crippen LogP contribution in [0, 0.1) is 11.8 Å². The first-order valence-electron chi connectivity index (χ1n) is 3.54. The van der Waals surface area contributed by atoms with Gasteiger partial charge in [-0.05, 0) is 32.3 Å². The van der Waals surface area contributed by atoms with Gasteiger partial charge in [-0.25, -0.2) is 0 Å². The van der Waals surface area contributed by atoms with E-state index in [9.17, 15) is 0 Å². The third kappa shape index (κ3) is 3.97. The molecule has 10 heavy (non-hydrogen) atoms. The summed E-state index contributed by atoms with van der Waals surface area (Å²) in [5.74, 6) is 5.91. The van der Waals surface area contributed by atoms with Crippen molar-refractivity contribution in [3.8, 4) is 11.8 Å². The maximum Gasteiger partial charge on any atom is -0.00194 e. The second-order valence-electron chi connectivity index (χ2n) is 2.02. The van der Waals surface area contributed by atoms with Gasteiger partial charge in [-0.2, -0.15) is 0 Å². The van der Waals surface area contributed by atoms with Crippen molar-refractivity contribution in [1.29, 1.82) is 0 Å². The van der Waals surface area contributed by atoms with Crippen molar-refractivity contribution >= 4 is 0 Å². The van der Waals surface area contributed by atoms with E-state index in [2.05, 4.69) is 24.5 Å². The number of hydrogen-bond donors (Lipinski definition) is 0. The van der Waals surface area contributed by atoms with Crippen LogP contribution < -0.4 is 0 Å². The van der Waals surface area contributed by atoms with Crippen LogP contribution >= 0.6 is 0 Å². The minimum atomic E-state index is 1.02. The third-order valence-corrected chi connectivity index (χ3v) is 1.25. The lowest BCUT2D eigenvalue weighted by Crippen LogP contribution is -1.76. The maximum absolute atomic E-state index is 3.65. The second-order valence-corrected chi connectivity index (χ2v) is 2.02. The molecule has 0 atom stereocenters. The van der Waals surface area contributed by atoms with Crippen molar-refractivity contribution in [2.24, 2.45) is 0 Å². The van der Waals surface area contributed by atoms with Gasteiger partial charge >= 0.3 is 0 Å². The molecular formula is C10H14. The first-order chi connectivity index (χ1) is 4.85. The van der Waals surface area contributed by atoms with Crippen molar-refractivity contribution in [3.63, 3.8) is 0 Å². The van der Waals surface area contributed by atoms with E-state index < -0.39 is 0 Å². The highest BCUT2D eigenvalue weighted by Crippen LogP contribution is 2.02. The molecule has 0 bridgehead atoms. The smallest absolute Gasteiger partial charge is 0.00194 e.